The van der Waals surface area contributed by atoms with Crippen molar-refractivity contribution in [2.24, 2.45) is 0 Å². The summed E-state index contributed by atoms with van der Waals surface area (Å²) in [5.41, 5.74) is 0.240. The van der Waals surface area contributed by atoms with Gasteiger partial charge in [0.2, 0.25) is 0 Å². The summed E-state index contributed by atoms with van der Waals surface area (Å²) in [6.07, 6.45) is 1.46. The van der Waals surface area contributed by atoms with Gasteiger partial charge in [0.05, 0.1) is 35.4 Å². The van der Waals surface area contributed by atoms with Crippen LogP contribution in [-0.2, 0) is 6.54 Å². The third-order valence-corrected chi connectivity index (χ3v) is 4.09. The van der Waals surface area contributed by atoms with Crippen LogP contribution in [-0.4, -0.2) is 22.8 Å². The Morgan fingerprint density at radius 1 is 1.08 bits per heavy atom. The van der Waals surface area contributed by atoms with Crippen LogP contribution >= 0.6 is 23.2 Å². The number of aromatic nitrogens is 2. The van der Waals surface area contributed by atoms with Gasteiger partial charge < -0.3 is 9.47 Å². The molecule has 2 aromatic carbocycles. The van der Waals surface area contributed by atoms with E-state index in [1.165, 1.54) is 10.9 Å². The van der Waals surface area contributed by atoms with E-state index >= 15 is 0 Å². The number of halogens is 2. The van der Waals surface area contributed by atoms with Crippen LogP contribution < -0.4 is 15.0 Å². The summed E-state index contributed by atoms with van der Waals surface area (Å²) in [5.74, 6) is 1.50. The molecule has 0 saturated heterocycles. The molecular formula is C18H16Cl2N2O3. The number of nitrogens with zero attached hydrogens (tertiary/aromatic N) is 2. The van der Waals surface area contributed by atoms with Crippen LogP contribution in [0, 0.1) is 0 Å². The van der Waals surface area contributed by atoms with Gasteiger partial charge in [0.1, 0.15) is 18.1 Å². The average molecular weight is 379 g/mol. The van der Waals surface area contributed by atoms with Gasteiger partial charge in [-0.25, -0.2) is 4.98 Å². The van der Waals surface area contributed by atoms with Crippen molar-refractivity contribution in [2.45, 2.75) is 13.5 Å². The highest BCUT2D eigenvalue weighted by atomic mass is 35.5. The van der Waals surface area contributed by atoms with Crippen molar-refractivity contribution in [2.75, 3.05) is 13.2 Å². The van der Waals surface area contributed by atoms with Gasteiger partial charge in [-0.15, -0.1) is 0 Å². The maximum absolute atomic E-state index is 12.5. The zero-order valence-corrected chi connectivity index (χ0v) is 15.0. The first-order valence-electron chi connectivity index (χ1n) is 7.78. The number of fused-ring (bicyclic) bond motifs is 1. The quantitative estimate of drug-likeness (QED) is 0.645. The molecule has 0 aliphatic carbocycles. The molecule has 3 rings (SSSR count). The Labute approximate surface area is 154 Å². The van der Waals surface area contributed by atoms with Crippen molar-refractivity contribution in [1.29, 1.82) is 0 Å². The van der Waals surface area contributed by atoms with Crippen LogP contribution in [0.25, 0.3) is 10.9 Å². The van der Waals surface area contributed by atoms with Crippen molar-refractivity contribution in [3.05, 3.63) is 63.1 Å². The summed E-state index contributed by atoms with van der Waals surface area (Å²) in [4.78, 5) is 16.8. The van der Waals surface area contributed by atoms with Gasteiger partial charge in [0.15, 0.2) is 0 Å². The van der Waals surface area contributed by atoms with Crippen molar-refractivity contribution in [1.82, 2.24) is 9.55 Å². The lowest BCUT2D eigenvalue weighted by Gasteiger charge is -2.10. The van der Waals surface area contributed by atoms with Crippen molar-refractivity contribution < 1.29 is 9.47 Å². The molecule has 0 unspecified atom stereocenters. The van der Waals surface area contributed by atoms with E-state index < -0.39 is 0 Å². The highest BCUT2D eigenvalue weighted by Crippen LogP contribution is 2.24. The number of rotatable bonds is 6. The van der Waals surface area contributed by atoms with Crippen LogP contribution in [0.3, 0.4) is 0 Å². The maximum Gasteiger partial charge on any atom is 0.261 e. The second-order valence-electron chi connectivity index (χ2n) is 5.28. The normalized spacial score (nSPS) is 10.8. The molecule has 25 heavy (non-hydrogen) atoms. The van der Waals surface area contributed by atoms with Crippen molar-refractivity contribution in [3.63, 3.8) is 0 Å². The molecule has 0 bridgehead atoms. The highest BCUT2D eigenvalue weighted by molar-refractivity contribution is 6.38. The van der Waals surface area contributed by atoms with E-state index in [2.05, 4.69) is 4.98 Å². The molecule has 130 valence electrons. The fourth-order valence-electron chi connectivity index (χ4n) is 2.41. The molecule has 0 aliphatic rings. The molecule has 1 aromatic heterocycles. The van der Waals surface area contributed by atoms with E-state index in [9.17, 15) is 4.79 Å². The van der Waals surface area contributed by atoms with Gasteiger partial charge >= 0.3 is 0 Å². The van der Waals surface area contributed by atoms with E-state index in [0.29, 0.717) is 46.5 Å². The molecule has 0 N–H and O–H groups in total. The zero-order chi connectivity index (χ0) is 17.8. The predicted molar refractivity (Wildman–Crippen MR) is 99.1 cm³/mol. The summed E-state index contributed by atoms with van der Waals surface area (Å²) in [6, 6.07) is 10.5. The highest BCUT2D eigenvalue weighted by Gasteiger charge is 2.09. The largest absolute Gasteiger partial charge is 0.494 e. The molecule has 1 heterocycles. The Bertz CT molecular complexity index is 939. The average Bonchev–Trinajstić information content (AvgIpc) is 2.59. The van der Waals surface area contributed by atoms with Crippen LogP contribution in [0.2, 0.25) is 10.0 Å². The van der Waals surface area contributed by atoms with E-state index in [1.807, 2.05) is 31.2 Å². The van der Waals surface area contributed by atoms with Gasteiger partial charge in [-0.2, -0.15) is 0 Å². The Morgan fingerprint density at radius 3 is 2.44 bits per heavy atom. The number of ether oxygens (including phenoxy) is 2. The minimum Gasteiger partial charge on any atom is -0.494 e. The van der Waals surface area contributed by atoms with Crippen LogP contribution in [0.5, 0.6) is 11.5 Å². The number of hydrogen-bond donors (Lipinski definition) is 0. The first kappa shape index (κ1) is 17.6. The molecule has 0 spiro atoms. The first-order chi connectivity index (χ1) is 12.1. The fraction of sp³-hybridized carbons (Fsp3) is 0.222. The third-order valence-electron chi connectivity index (χ3n) is 3.58. The van der Waals surface area contributed by atoms with Gasteiger partial charge in [-0.1, -0.05) is 23.2 Å². The fourth-order valence-corrected chi connectivity index (χ4v) is 2.96. The molecule has 0 fully saturated rings. The topological polar surface area (TPSA) is 53.4 Å². The van der Waals surface area contributed by atoms with E-state index in [4.69, 9.17) is 32.7 Å². The van der Waals surface area contributed by atoms with E-state index in [1.54, 1.807) is 12.1 Å². The molecular weight excluding hydrogens is 363 g/mol. The Morgan fingerprint density at radius 2 is 1.76 bits per heavy atom. The third kappa shape index (κ3) is 4.06. The number of benzene rings is 2. The van der Waals surface area contributed by atoms with E-state index in [-0.39, 0.29) is 5.56 Å². The lowest BCUT2D eigenvalue weighted by Crippen LogP contribution is -2.23. The Balaban J connectivity index is 1.71. The Hall–Kier alpha value is -2.24. The molecule has 7 heteroatoms. The molecule has 3 aromatic rings. The number of hydrogen-bond acceptors (Lipinski definition) is 4. The van der Waals surface area contributed by atoms with E-state index in [0.717, 1.165) is 5.75 Å². The summed E-state index contributed by atoms with van der Waals surface area (Å²) in [6.45, 7) is 3.24. The van der Waals surface area contributed by atoms with Crippen molar-refractivity contribution >= 4 is 34.1 Å². The van der Waals surface area contributed by atoms with Gasteiger partial charge in [-0.05, 0) is 43.3 Å². The Kier molecular flexibility index (Phi) is 5.46. The monoisotopic (exact) mass is 378 g/mol. The van der Waals surface area contributed by atoms with Crippen molar-refractivity contribution in [3.8, 4) is 11.5 Å². The zero-order valence-electron chi connectivity index (χ0n) is 13.5. The van der Waals surface area contributed by atoms with Crippen LogP contribution in [0.15, 0.2) is 47.5 Å². The predicted octanol–water partition coefficient (Wildman–Crippen LogP) is 4.18. The molecule has 0 atom stereocenters. The van der Waals surface area contributed by atoms with Gasteiger partial charge in [-0.3, -0.25) is 9.36 Å². The summed E-state index contributed by atoms with van der Waals surface area (Å²) in [5, 5.41) is 1.15. The lowest BCUT2D eigenvalue weighted by atomic mass is 10.2. The molecule has 5 nitrogen and oxygen atoms in total. The molecule has 0 amide bonds. The second kappa shape index (κ2) is 7.76. The molecule has 0 aliphatic heterocycles. The molecule has 0 radical (unpaired) electrons. The smallest absolute Gasteiger partial charge is 0.261 e. The van der Waals surface area contributed by atoms with Gasteiger partial charge in [0.25, 0.3) is 5.56 Å². The lowest BCUT2D eigenvalue weighted by molar-refractivity contribution is 0.294. The summed E-state index contributed by atoms with van der Waals surface area (Å²) >= 11 is 12.0. The minimum absolute atomic E-state index is 0.204. The van der Waals surface area contributed by atoms with Crippen LogP contribution in [0.4, 0.5) is 0 Å². The summed E-state index contributed by atoms with van der Waals surface area (Å²) in [7, 11) is 0. The summed E-state index contributed by atoms with van der Waals surface area (Å²) < 4.78 is 12.5. The second-order valence-corrected chi connectivity index (χ2v) is 6.12. The van der Waals surface area contributed by atoms with Crippen LogP contribution in [0.1, 0.15) is 6.92 Å². The maximum atomic E-state index is 12.5. The van der Waals surface area contributed by atoms with Gasteiger partial charge in [0, 0.05) is 5.02 Å². The SMILES string of the molecule is CCOc1ccc(OCCn2cnc3c(Cl)cc(Cl)cc3c2=O)cc1. The minimum atomic E-state index is -0.204. The first-order valence-corrected chi connectivity index (χ1v) is 8.54. The molecule has 0 saturated carbocycles. The standard InChI is InChI=1S/C18H16Cl2N2O3/c1-2-24-13-3-5-14(6-4-13)25-8-7-22-11-21-17-15(18(22)23)9-12(19)10-16(17)20/h3-6,9-11H,2,7-8H2,1H3.